The Morgan fingerprint density at radius 1 is 1.31 bits per heavy atom. The van der Waals surface area contributed by atoms with Crippen LogP contribution in [-0.4, -0.2) is 0 Å². The van der Waals surface area contributed by atoms with Crippen LogP contribution < -0.4 is 10.9 Å². The zero-order chi connectivity index (χ0) is 11.9. The Morgan fingerprint density at radius 3 is 2.56 bits per heavy atom. The van der Waals surface area contributed by atoms with Gasteiger partial charge in [-0.25, -0.2) is 5.43 Å². The fourth-order valence-corrected chi connectivity index (χ4v) is 2.79. The first-order valence-electron chi connectivity index (χ1n) is 6.10. The maximum Gasteiger partial charge on any atom is 0.0539 e. The molecule has 2 N–H and O–H groups in total. The Kier molecular flexibility index (Phi) is 2.70. The number of hydrogen-bond donors (Lipinski definition) is 2. The van der Waals surface area contributed by atoms with E-state index < -0.39 is 0 Å². The number of benzene rings is 1. The van der Waals surface area contributed by atoms with E-state index in [0.29, 0.717) is 0 Å². The smallest absolute Gasteiger partial charge is 0.0539 e. The van der Waals surface area contributed by atoms with Gasteiger partial charge in [0.05, 0.1) is 5.69 Å². The predicted octanol–water partition coefficient (Wildman–Crippen LogP) is 3.29. The van der Waals surface area contributed by atoms with Crippen molar-refractivity contribution in [2.24, 2.45) is 0 Å². The Hall–Kier alpha value is -1.02. The van der Waals surface area contributed by atoms with Crippen molar-refractivity contribution in [1.29, 1.82) is 0 Å². The summed E-state index contributed by atoms with van der Waals surface area (Å²) in [5.41, 5.74) is 13.9. The molecule has 0 spiro atoms. The molecule has 88 valence electrons. The summed E-state index contributed by atoms with van der Waals surface area (Å²) >= 11 is 0. The minimum absolute atomic E-state index is 0.217. The Morgan fingerprint density at radius 2 is 2.00 bits per heavy atom. The number of nitrogens with one attached hydrogen (secondary N) is 2. The van der Waals surface area contributed by atoms with Crippen molar-refractivity contribution in [1.82, 2.24) is 5.43 Å². The Bertz CT molecular complexity index is 410. The molecule has 0 saturated heterocycles. The van der Waals surface area contributed by atoms with Crippen LogP contribution in [0.1, 0.15) is 49.9 Å². The predicted molar refractivity (Wildman–Crippen MR) is 69.7 cm³/mol. The normalized spacial score (nSPS) is 14.8. The summed E-state index contributed by atoms with van der Waals surface area (Å²) in [7, 11) is 0. The highest BCUT2D eigenvalue weighted by molar-refractivity contribution is 5.63. The van der Waals surface area contributed by atoms with E-state index in [9.17, 15) is 0 Å². The van der Waals surface area contributed by atoms with Crippen LogP contribution in [0.5, 0.6) is 0 Å². The van der Waals surface area contributed by atoms with Gasteiger partial charge >= 0.3 is 0 Å². The molecular formula is C14H22N2. The molecule has 1 aromatic carbocycles. The minimum Gasteiger partial charge on any atom is -0.321 e. The van der Waals surface area contributed by atoms with E-state index in [0.717, 1.165) is 13.0 Å². The average molecular weight is 218 g/mol. The van der Waals surface area contributed by atoms with Gasteiger partial charge in [0, 0.05) is 6.54 Å². The van der Waals surface area contributed by atoms with Crippen LogP contribution in [0.3, 0.4) is 0 Å². The Balaban J connectivity index is 2.72. The van der Waals surface area contributed by atoms with E-state index in [1.165, 1.54) is 27.9 Å². The van der Waals surface area contributed by atoms with Crippen LogP contribution in [0.4, 0.5) is 5.69 Å². The maximum absolute atomic E-state index is 3.25. The molecule has 0 fully saturated rings. The molecule has 2 nitrogen and oxygen atoms in total. The number of hydrogen-bond acceptors (Lipinski definition) is 2. The molecule has 0 bridgehead atoms. The van der Waals surface area contributed by atoms with Gasteiger partial charge in [0.2, 0.25) is 0 Å². The van der Waals surface area contributed by atoms with Crippen molar-refractivity contribution >= 4 is 5.69 Å². The van der Waals surface area contributed by atoms with Crippen molar-refractivity contribution in [3.05, 3.63) is 28.3 Å². The SMILES string of the molecule is CCc1c(C)cc2c(c1C(C)(C)C)CNN2. The van der Waals surface area contributed by atoms with Crippen molar-refractivity contribution in [3.63, 3.8) is 0 Å². The molecular weight excluding hydrogens is 196 g/mol. The van der Waals surface area contributed by atoms with Gasteiger partial charge in [-0.05, 0) is 47.1 Å². The third kappa shape index (κ3) is 1.71. The van der Waals surface area contributed by atoms with E-state index in [-0.39, 0.29) is 5.41 Å². The molecule has 1 aliphatic rings. The summed E-state index contributed by atoms with van der Waals surface area (Å²) < 4.78 is 0. The fraction of sp³-hybridized carbons (Fsp3) is 0.571. The first-order chi connectivity index (χ1) is 7.45. The van der Waals surface area contributed by atoms with E-state index in [1.807, 2.05) is 0 Å². The highest BCUT2D eigenvalue weighted by Crippen LogP contribution is 2.37. The number of hydrazine groups is 1. The van der Waals surface area contributed by atoms with E-state index >= 15 is 0 Å². The molecule has 0 atom stereocenters. The van der Waals surface area contributed by atoms with Crippen molar-refractivity contribution in [2.75, 3.05) is 5.43 Å². The quantitative estimate of drug-likeness (QED) is 0.756. The molecule has 0 amide bonds. The summed E-state index contributed by atoms with van der Waals surface area (Å²) in [4.78, 5) is 0. The molecule has 0 radical (unpaired) electrons. The minimum atomic E-state index is 0.217. The van der Waals surface area contributed by atoms with Gasteiger partial charge in [-0.15, -0.1) is 0 Å². The van der Waals surface area contributed by atoms with Crippen LogP contribution in [0, 0.1) is 6.92 Å². The molecule has 0 aliphatic carbocycles. The van der Waals surface area contributed by atoms with Crippen LogP contribution in [0.25, 0.3) is 0 Å². The standard InChI is InChI=1S/C14H22N2/c1-6-10-9(2)7-12-11(8-15-16-12)13(10)14(3,4)5/h7,15-16H,6,8H2,1-5H3. The van der Waals surface area contributed by atoms with Crippen molar-refractivity contribution in [3.8, 4) is 0 Å². The number of aryl methyl sites for hydroxylation is 1. The third-order valence-electron chi connectivity index (χ3n) is 3.36. The van der Waals surface area contributed by atoms with E-state index in [1.54, 1.807) is 0 Å². The zero-order valence-electron chi connectivity index (χ0n) is 11.0. The molecule has 0 saturated carbocycles. The lowest BCUT2D eigenvalue weighted by molar-refractivity contribution is 0.575. The number of anilines is 1. The highest BCUT2D eigenvalue weighted by Gasteiger charge is 2.26. The highest BCUT2D eigenvalue weighted by atomic mass is 15.4. The summed E-state index contributed by atoms with van der Waals surface area (Å²) in [5, 5.41) is 0. The summed E-state index contributed by atoms with van der Waals surface area (Å²) in [6.07, 6.45) is 1.12. The second-order valence-corrected chi connectivity index (χ2v) is 5.66. The van der Waals surface area contributed by atoms with Gasteiger partial charge in [-0.2, -0.15) is 0 Å². The molecule has 2 heteroatoms. The second kappa shape index (κ2) is 3.77. The van der Waals surface area contributed by atoms with Gasteiger partial charge in [-0.3, -0.25) is 0 Å². The molecule has 0 unspecified atom stereocenters. The van der Waals surface area contributed by atoms with Crippen LogP contribution >= 0.6 is 0 Å². The molecule has 0 aromatic heterocycles. The average Bonchev–Trinajstić information content (AvgIpc) is 2.60. The number of fused-ring (bicyclic) bond motifs is 1. The Labute approximate surface area is 98.4 Å². The summed E-state index contributed by atoms with van der Waals surface area (Å²) in [5.74, 6) is 0. The fourth-order valence-electron chi connectivity index (χ4n) is 2.79. The molecule has 1 heterocycles. The van der Waals surface area contributed by atoms with Crippen LogP contribution in [0.2, 0.25) is 0 Å². The van der Waals surface area contributed by atoms with Gasteiger partial charge in [-0.1, -0.05) is 27.7 Å². The van der Waals surface area contributed by atoms with E-state index in [4.69, 9.17) is 0 Å². The zero-order valence-corrected chi connectivity index (χ0v) is 11.0. The monoisotopic (exact) mass is 218 g/mol. The van der Waals surface area contributed by atoms with E-state index in [2.05, 4.69) is 51.5 Å². The third-order valence-corrected chi connectivity index (χ3v) is 3.36. The van der Waals surface area contributed by atoms with Crippen molar-refractivity contribution in [2.45, 2.75) is 53.0 Å². The molecule has 1 aromatic rings. The largest absolute Gasteiger partial charge is 0.321 e. The van der Waals surface area contributed by atoms with Gasteiger partial charge < -0.3 is 5.43 Å². The second-order valence-electron chi connectivity index (χ2n) is 5.66. The lowest BCUT2D eigenvalue weighted by atomic mass is 9.78. The first kappa shape index (κ1) is 11.5. The maximum atomic E-state index is 3.25. The van der Waals surface area contributed by atoms with Gasteiger partial charge in [0.1, 0.15) is 0 Å². The van der Waals surface area contributed by atoms with Crippen LogP contribution in [-0.2, 0) is 18.4 Å². The lowest BCUT2D eigenvalue weighted by Crippen LogP contribution is -2.18. The lowest BCUT2D eigenvalue weighted by Gasteiger charge is -2.27. The molecule has 1 aliphatic heterocycles. The van der Waals surface area contributed by atoms with Gasteiger partial charge in [0.25, 0.3) is 0 Å². The van der Waals surface area contributed by atoms with Crippen LogP contribution in [0.15, 0.2) is 6.07 Å². The molecule has 2 rings (SSSR count). The summed E-state index contributed by atoms with van der Waals surface area (Å²) in [6.45, 7) is 12.3. The number of rotatable bonds is 1. The summed E-state index contributed by atoms with van der Waals surface area (Å²) in [6, 6.07) is 2.27. The first-order valence-corrected chi connectivity index (χ1v) is 6.10. The van der Waals surface area contributed by atoms with Crippen molar-refractivity contribution < 1.29 is 0 Å². The topological polar surface area (TPSA) is 24.1 Å². The van der Waals surface area contributed by atoms with Gasteiger partial charge in [0.15, 0.2) is 0 Å². The molecule has 16 heavy (non-hydrogen) atoms.